The van der Waals surface area contributed by atoms with Crippen molar-refractivity contribution in [2.24, 2.45) is 5.92 Å². The minimum Gasteiger partial charge on any atom is -0.449 e. The molecule has 0 saturated carbocycles. The van der Waals surface area contributed by atoms with Crippen LogP contribution in [0.1, 0.15) is 27.2 Å². The molecule has 0 rings (SSSR count). The Balaban J connectivity index is 3.62. The molecule has 0 unspecified atom stereocenters. The number of amides is 2. The molecule has 0 heterocycles. The van der Waals surface area contributed by atoms with Crippen molar-refractivity contribution in [3.8, 4) is 0 Å². The minimum absolute atomic E-state index is 0.195. The summed E-state index contributed by atoms with van der Waals surface area (Å²) in [4.78, 5) is 21.7. The molecule has 0 radical (unpaired) electrons. The van der Waals surface area contributed by atoms with E-state index in [2.05, 4.69) is 10.1 Å². The highest BCUT2D eigenvalue weighted by Gasteiger charge is 2.11. The number of carbonyl (C=O) groups excluding carboxylic acids is 2. The summed E-state index contributed by atoms with van der Waals surface area (Å²) in [5.74, 6) is -0.504. The van der Waals surface area contributed by atoms with Crippen LogP contribution in [0.3, 0.4) is 0 Å². The van der Waals surface area contributed by atoms with E-state index in [-0.39, 0.29) is 11.8 Å². The third kappa shape index (κ3) is 4.71. The Labute approximate surface area is 72.3 Å². The van der Waals surface area contributed by atoms with E-state index < -0.39 is 6.09 Å². The molecular formula is C8H15NO3. The van der Waals surface area contributed by atoms with Crippen LogP contribution in [0.25, 0.3) is 0 Å². The topological polar surface area (TPSA) is 55.4 Å². The van der Waals surface area contributed by atoms with Gasteiger partial charge in [0.25, 0.3) is 0 Å². The number of carbonyl (C=O) groups is 2. The largest absolute Gasteiger partial charge is 0.449 e. The summed E-state index contributed by atoms with van der Waals surface area (Å²) in [7, 11) is 0. The summed E-state index contributed by atoms with van der Waals surface area (Å²) in [6.07, 6.45) is 0.0964. The first-order chi connectivity index (χ1) is 5.57. The van der Waals surface area contributed by atoms with Crippen molar-refractivity contribution in [1.82, 2.24) is 5.32 Å². The highest BCUT2D eigenvalue weighted by atomic mass is 16.5. The molecule has 0 fully saturated rings. The fourth-order valence-corrected chi connectivity index (χ4v) is 0.476. The van der Waals surface area contributed by atoms with E-state index in [1.165, 1.54) is 0 Å². The zero-order valence-corrected chi connectivity index (χ0v) is 7.72. The van der Waals surface area contributed by atoms with Crippen LogP contribution in [-0.4, -0.2) is 18.6 Å². The normalized spacial score (nSPS) is 9.67. The average Bonchev–Trinajstić information content (AvgIpc) is 2.00. The maximum atomic E-state index is 10.9. The Morgan fingerprint density at radius 1 is 1.42 bits per heavy atom. The van der Waals surface area contributed by atoms with Crippen molar-refractivity contribution in [2.45, 2.75) is 27.2 Å². The summed E-state index contributed by atoms with van der Waals surface area (Å²) in [5, 5.41) is 2.11. The molecule has 0 aliphatic heterocycles. The van der Waals surface area contributed by atoms with Gasteiger partial charge >= 0.3 is 6.09 Å². The van der Waals surface area contributed by atoms with Gasteiger partial charge < -0.3 is 4.74 Å². The highest BCUT2D eigenvalue weighted by Crippen LogP contribution is 1.91. The molecule has 4 heteroatoms. The molecule has 0 aromatic carbocycles. The van der Waals surface area contributed by atoms with Crippen molar-refractivity contribution >= 4 is 12.0 Å². The van der Waals surface area contributed by atoms with E-state index >= 15 is 0 Å². The fraction of sp³-hybridized carbons (Fsp3) is 0.750. The smallest absolute Gasteiger partial charge is 0.413 e. The van der Waals surface area contributed by atoms with E-state index in [0.717, 1.165) is 6.42 Å². The Kier molecular flexibility index (Phi) is 5.08. The second kappa shape index (κ2) is 5.57. The third-order valence-electron chi connectivity index (χ3n) is 1.19. The van der Waals surface area contributed by atoms with Crippen LogP contribution in [-0.2, 0) is 9.53 Å². The lowest BCUT2D eigenvalue weighted by atomic mass is 10.2. The summed E-state index contributed by atoms with van der Waals surface area (Å²) in [5.41, 5.74) is 0. The van der Waals surface area contributed by atoms with Gasteiger partial charge in [-0.3, -0.25) is 10.1 Å². The molecule has 0 saturated heterocycles. The van der Waals surface area contributed by atoms with Gasteiger partial charge in [0.2, 0.25) is 5.91 Å². The van der Waals surface area contributed by atoms with E-state index in [9.17, 15) is 9.59 Å². The molecule has 12 heavy (non-hydrogen) atoms. The van der Waals surface area contributed by atoms with Gasteiger partial charge in [0.05, 0.1) is 6.61 Å². The Hall–Kier alpha value is -1.06. The van der Waals surface area contributed by atoms with Crippen LogP contribution in [0.15, 0.2) is 0 Å². The number of nitrogens with one attached hydrogen (secondary N) is 1. The van der Waals surface area contributed by atoms with Crippen molar-refractivity contribution in [2.75, 3.05) is 6.61 Å². The molecule has 70 valence electrons. The zero-order valence-electron chi connectivity index (χ0n) is 7.72. The first kappa shape index (κ1) is 10.9. The minimum atomic E-state index is -0.657. The number of ether oxygens (including phenoxy) is 1. The molecule has 0 aromatic rings. The van der Waals surface area contributed by atoms with Crippen molar-refractivity contribution in [3.05, 3.63) is 0 Å². The Morgan fingerprint density at radius 2 is 2.00 bits per heavy atom. The summed E-state index contributed by atoms with van der Waals surface area (Å²) in [6.45, 7) is 5.65. The van der Waals surface area contributed by atoms with Crippen molar-refractivity contribution in [1.29, 1.82) is 0 Å². The van der Waals surface area contributed by atoms with Crippen molar-refractivity contribution < 1.29 is 14.3 Å². The molecule has 0 aromatic heterocycles. The van der Waals surface area contributed by atoms with E-state index in [1.807, 2.05) is 6.92 Å². The molecule has 4 nitrogen and oxygen atoms in total. The molecule has 1 N–H and O–H groups in total. The first-order valence-corrected chi connectivity index (χ1v) is 4.05. The van der Waals surface area contributed by atoms with E-state index in [1.54, 1.807) is 13.8 Å². The van der Waals surface area contributed by atoms with Crippen LogP contribution >= 0.6 is 0 Å². The Morgan fingerprint density at radius 3 is 2.42 bits per heavy atom. The maximum Gasteiger partial charge on any atom is 0.413 e. The molecule has 0 spiro atoms. The summed E-state index contributed by atoms with van der Waals surface area (Å²) < 4.78 is 4.64. The average molecular weight is 173 g/mol. The van der Waals surface area contributed by atoms with Crippen LogP contribution < -0.4 is 5.32 Å². The molecular weight excluding hydrogens is 158 g/mol. The molecule has 0 bridgehead atoms. The predicted octanol–water partition coefficient (Wildman–Crippen LogP) is 1.31. The lowest BCUT2D eigenvalue weighted by Crippen LogP contribution is -2.34. The van der Waals surface area contributed by atoms with Gasteiger partial charge in [0.15, 0.2) is 0 Å². The number of hydrogen-bond donors (Lipinski definition) is 1. The molecule has 0 atom stereocenters. The van der Waals surface area contributed by atoms with Crippen LogP contribution in [0.4, 0.5) is 4.79 Å². The molecule has 2 amide bonds. The SMILES string of the molecule is CCCOC(=O)NC(=O)C(C)C. The quantitative estimate of drug-likeness (QED) is 0.700. The summed E-state index contributed by atoms with van der Waals surface area (Å²) in [6, 6.07) is 0. The standard InChI is InChI=1S/C8H15NO3/c1-4-5-12-8(11)9-7(10)6(2)3/h6H,4-5H2,1-3H3,(H,9,10,11). The number of hydrogen-bond acceptors (Lipinski definition) is 3. The van der Waals surface area contributed by atoms with Crippen molar-refractivity contribution in [3.63, 3.8) is 0 Å². The van der Waals surface area contributed by atoms with Crippen LogP contribution in [0.2, 0.25) is 0 Å². The monoisotopic (exact) mass is 173 g/mol. The predicted molar refractivity (Wildman–Crippen MR) is 44.6 cm³/mol. The van der Waals surface area contributed by atoms with Gasteiger partial charge in [-0.25, -0.2) is 4.79 Å². The number of alkyl carbamates (subject to hydrolysis) is 1. The van der Waals surface area contributed by atoms with E-state index in [4.69, 9.17) is 0 Å². The highest BCUT2D eigenvalue weighted by molar-refractivity contribution is 5.92. The van der Waals surface area contributed by atoms with Gasteiger partial charge in [0.1, 0.15) is 0 Å². The van der Waals surface area contributed by atoms with Gasteiger partial charge in [-0.1, -0.05) is 20.8 Å². The van der Waals surface area contributed by atoms with Gasteiger partial charge in [-0.15, -0.1) is 0 Å². The summed E-state index contributed by atoms with van der Waals surface area (Å²) >= 11 is 0. The van der Waals surface area contributed by atoms with Gasteiger partial charge in [-0.05, 0) is 6.42 Å². The lowest BCUT2D eigenvalue weighted by molar-refractivity contribution is -0.123. The lowest BCUT2D eigenvalue weighted by Gasteiger charge is -2.06. The Bertz CT molecular complexity index is 166. The second-order valence-electron chi connectivity index (χ2n) is 2.78. The fourth-order valence-electron chi connectivity index (χ4n) is 0.476. The number of imide groups is 1. The molecule has 0 aliphatic carbocycles. The van der Waals surface area contributed by atoms with Gasteiger partial charge in [-0.2, -0.15) is 0 Å². The van der Waals surface area contributed by atoms with Crippen LogP contribution in [0, 0.1) is 5.92 Å². The third-order valence-corrected chi connectivity index (χ3v) is 1.19. The van der Waals surface area contributed by atoms with Gasteiger partial charge in [0, 0.05) is 5.92 Å². The van der Waals surface area contributed by atoms with E-state index in [0.29, 0.717) is 6.61 Å². The zero-order chi connectivity index (χ0) is 9.56. The first-order valence-electron chi connectivity index (χ1n) is 4.05. The number of rotatable bonds is 3. The van der Waals surface area contributed by atoms with Crippen LogP contribution in [0.5, 0.6) is 0 Å². The second-order valence-corrected chi connectivity index (χ2v) is 2.78. The molecule has 0 aliphatic rings. The maximum absolute atomic E-state index is 10.9.